The molecule has 1 atom stereocenters. The Hall–Kier alpha value is -3.59. The van der Waals surface area contributed by atoms with Crippen LogP contribution >= 0.6 is 11.3 Å². The standard InChI is InChI=1S/C23H24N2O6S/c1-13(2)7-10-17(31-23(26)19-6-5-11-32-19)14-12-18(29-3)20-15(24-27)8-9-16(25-28)21(20)22(14)30-4/h5-9,11-12,17,27-28H,10H2,1-4H3/b24-15+,25-16+. The molecule has 0 fully saturated rings. The molecule has 2 N–H and O–H groups in total. The van der Waals surface area contributed by atoms with E-state index in [-0.39, 0.29) is 11.4 Å². The Morgan fingerprint density at radius 3 is 2.34 bits per heavy atom. The van der Waals surface area contributed by atoms with Crippen LogP contribution in [0.25, 0.3) is 0 Å². The van der Waals surface area contributed by atoms with Gasteiger partial charge in [0.25, 0.3) is 0 Å². The van der Waals surface area contributed by atoms with E-state index in [4.69, 9.17) is 14.2 Å². The van der Waals surface area contributed by atoms with Gasteiger partial charge in [-0.3, -0.25) is 0 Å². The highest BCUT2D eigenvalue weighted by Crippen LogP contribution is 2.42. The van der Waals surface area contributed by atoms with Crippen molar-refractivity contribution in [2.45, 2.75) is 26.4 Å². The number of fused-ring (bicyclic) bond motifs is 1. The van der Waals surface area contributed by atoms with E-state index in [1.165, 1.54) is 37.7 Å². The highest BCUT2D eigenvalue weighted by molar-refractivity contribution is 7.11. The Kier molecular flexibility index (Phi) is 7.32. The first-order chi connectivity index (χ1) is 15.4. The summed E-state index contributed by atoms with van der Waals surface area (Å²) in [6.45, 7) is 3.91. The van der Waals surface area contributed by atoms with Crippen LogP contribution < -0.4 is 9.47 Å². The maximum Gasteiger partial charge on any atom is 0.348 e. The minimum absolute atomic E-state index is 0.190. The third-order valence-electron chi connectivity index (χ3n) is 4.88. The van der Waals surface area contributed by atoms with Crippen LogP contribution in [0.3, 0.4) is 0 Å². The van der Waals surface area contributed by atoms with Gasteiger partial charge in [-0.15, -0.1) is 11.3 Å². The highest BCUT2D eigenvalue weighted by atomic mass is 32.1. The van der Waals surface area contributed by atoms with Crippen LogP contribution in [0.1, 0.15) is 52.7 Å². The van der Waals surface area contributed by atoms with Crippen molar-refractivity contribution in [2.24, 2.45) is 10.3 Å². The van der Waals surface area contributed by atoms with E-state index in [2.05, 4.69) is 10.3 Å². The van der Waals surface area contributed by atoms with Gasteiger partial charge in [-0.2, -0.15) is 0 Å². The molecule has 1 unspecified atom stereocenters. The van der Waals surface area contributed by atoms with Crippen LogP contribution in [0.5, 0.6) is 11.5 Å². The molecule has 9 heteroatoms. The average Bonchev–Trinajstić information content (AvgIpc) is 3.34. The van der Waals surface area contributed by atoms with Crippen molar-refractivity contribution in [3.05, 3.63) is 68.9 Å². The maximum atomic E-state index is 12.8. The number of oxime groups is 2. The molecule has 1 aliphatic carbocycles. The smallest absolute Gasteiger partial charge is 0.348 e. The lowest BCUT2D eigenvalue weighted by atomic mass is 9.88. The summed E-state index contributed by atoms with van der Waals surface area (Å²) in [5.41, 5.74) is 2.76. The first-order valence-corrected chi connectivity index (χ1v) is 10.6. The summed E-state index contributed by atoms with van der Waals surface area (Å²) in [5, 5.41) is 27.6. The molecule has 32 heavy (non-hydrogen) atoms. The molecular formula is C23H24N2O6S. The molecule has 0 aliphatic heterocycles. The number of carbonyl (C=O) groups excluding carboxylic acids is 1. The van der Waals surface area contributed by atoms with Gasteiger partial charge in [0.1, 0.15) is 33.9 Å². The molecule has 1 heterocycles. The van der Waals surface area contributed by atoms with Crippen molar-refractivity contribution < 1.29 is 29.4 Å². The van der Waals surface area contributed by atoms with Crippen molar-refractivity contribution >= 4 is 28.7 Å². The molecule has 0 saturated carbocycles. The zero-order valence-electron chi connectivity index (χ0n) is 18.2. The molecule has 0 saturated heterocycles. The molecule has 1 aromatic carbocycles. The normalized spacial score (nSPS) is 15.9. The van der Waals surface area contributed by atoms with Gasteiger partial charge in [-0.25, -0.2) is 4.79 Å². The van der Waals surface area contributed by atoms with Gasteiger partial charge in [0.15, 0.2) is 0 Å². The van der Waals surface area contributed by atoms with E-state index in [0.717, 1.165) is 5.57 Å². The highest BCUT2D eigenvalue weighted by Gasteiger charge is 2.32. The number of allylic oxidation sites excluding steroid dienone is 3. The topological polar surface area (TPSA) is 110 Å². The zero-order chi connectivity index (χ0) is 23.3. The minimum Gasteiger partial charge on any atom is -0.496 e. The van der Waals surface area contributed by atoms with E-state index < -0.39 is 12.1 Å². The van der Waals surface area contributed by atoms with Crippen molar-refractivity contribution in [3.8, 4) is 11.5 Å². The molecule has 0 bridgehead atoms. The number of hydrogen-bond donors (Lipinski definition) is 2. The second kappa shape index (κ2) is 10.1. The first-order valence-electron chi connectivity index (χ1n) is 9.74. The van der Waals surface area contributed by atoms with Gasteiger partial charge in [-0.05, 0) is 43.5 Å². The predicted octanol–water partition coefficient (Wildman–Crippen LogP) is 4.95. The average molecular weight is 457 g/mol. The fraction of sp³-hybridized carbons (Fsp3) is 0.261. The first kappa shape index (κ1) is 23.1. The molecule has 1 aromatic heterocycles. The molecule has 0 spiro atoms. The lowest BCUT2D eigenvalue weighted by molar-refractivity contribution is 0.0303. The monoisotopic (exact) mass is 456 g/mol. The molecule has 1 aliphatic rings. The molecule has 168 valence electrons. The number of carbonyl (C=O) groups is 1. The van der Waals surface area contributed by atoms with Crippen LogP contribution in [0.2, 0.25) is 0 Å². The number of methoxy groups -OCH3 is 2. The Balaban J connectivity index is 2.22. The van der Waals surface area contributed by atoms with E-state index in [9.17, 15) is 15.2 Å². The molecule has 0 radical (unpaired) electrons. The van der Waals surface area contributed by atoms with E-state index >= 15 is 0 Å². The van der Waals surface area contributed by atoms with Crippen molar-refractivity contribution in [1.82, 2.24) is 0 Å². The van der Waals surface area contributed by atoms with Gasteiger partial charge >= 0.3 is 5.97 Å². The van der Waals surface area contributed by atoms with Gasteiger partial charge in [0, 0.05) is 12.0 Å². The third kappa shape index (κ3) is 4.52. The molecule has 3 rings (SSSR count). The number of nitrogens with zero attached hydrogens (tertiary/aromatic N) is 2. The quantitative estimate of drug-likeness (QED) is 0.264. The Bertz CT molecular complexity index is 1110. The van der Waals surface area contributed by atoms with Gasteiger partial charge < -0.3 is 24.6 Å². The zero-order valence-corrected chi connectivity index (χ0v) is 19.0. The Morgan fingerprint density at radius 1 is 1.12 bits per heavy atom. The van der Waals surface area contributed by atoms with Crippen molar-refractivity contribution in [1.29, 1.82) is 0 Å². The second-order valence-electron chi connectivity index (χ2n) is 7.14. The molecule has 0 amide bonds. The summed E-state index contributed by atoms with van der Waals surface area (Å²) < 4.78 is 17.1. The number of thiophene rings is 1. The summed E-state index contributed by atoms with van der Waals surface area (Å²) in [6.07, 6.45) is 4.62. The van der Waals surface area contributed by atoms with Gasteiger partial charge in [0.2, 0.25) is 0 Å². The second-order valence-corrected chi connectivity index (χ2v) is 8.09. The lowest BCUT2D eigenvalue weighted by Crippen LogP contribution is -2.19. The molecule has 8 nitrogen and oxygen atoms in total. The summed E-state index contributed by atoms with van der Waals surface area (Å²) in [6, 6.07) is 5.16. The molecule has 2 aromatic rings. The SMILES string of the molecule is COc1cc(C(CC=C(C)C)OC(=O)c2cccs2)c(OC)c2c1/C(=N/O)C=C/C2=N\O. The lowest BCUT2D eigenvalue weighted by Gasteiger charge is -2.25. The summed E-state index contributed by atoms with van der Waals surface area (Å²) in [7, 11) is 2.94. The summed E-state index contributed by atoms with van der Waals surface area (Å²) in [4.78, 5) is 13.2. The minimum atomic E-state index is -0.714. The van der Waals surface area contributed by atoms with Crippen LogP contribution in [0.4, 0.5) is 0 Å². The fourth-order valence-electron chi connectivity index (χ4n) is 3.43. The summed E-state index contributed by atoms with van der Waals surface area (Å²) in [5.74, 6) is 0.216. The summed E-state index contributed by atoms with van der Waals surface area (Å²) >= 11 is 1.29. The third-order valence-corrected chi connectivity index (χ3v) is 5.73. The Morgan fingerprint density at radius 2 is 1.81 bits per heavy atom. The Labute approximate surface area is 189 Å². The van der Waals surface area contributed by atoms with E-state index in [1.54, 1.807) is 23.6 Å². The van der Waals surface area contributed by atoms with E-state index in [1.807, 2.05) is 19.9 Å². The number of esters is 1. The van der Waals surface area contributed by atoms with Crippen LogP contribution in [0, 0.1) is 0 Å². The number of benzene rings is 1. The van der Waals surface area contributed by atoms with Crippen LogP contribution in [-0.2, 0) is 4.74 Å². The van der Waals surface area contributed by atoms with Crippen LogP contribution in [0.15, 0.2) is 57.7 Å². The molecular weight excluding hydrogens is 432 g/mol. The van der Waals surface area contributed by atoms with Crippen LogP contribution in [-0.4, -0.2) is 42.0 Å². The predicted molar refractivity (Wildman–Crippen MR) is 122 cm³/mol. The fourth-order valence-corrected chi connectivity index (χ4v) is 4.04. The van der Waals surface area contributed by atoms with Gasteiger partial charge in [0.05, 0.1) is 25.3 Å². The maximum absolute atomic E-state index is 12.8. The number of hydrogen-bond acceptors (Lipinski definition) is 9. The number of rotatable bonds is 7. The van der Waals surface area contributed by atoms with Crippen molar-refractivity contribution in [3.63, 3.8) is 0 Å². The van der Waals surface area contributed by atoms with Crippen molar-refractivity contribution in [2.75, 3.05) is 14.2 Å². The van der Waals surface area contributed by atoms with E-state index in [0.29, 0.717) is 39.5 Å². The largest absolute Gasteiger partial charge is 0.496 e. The number of ether oxygens (including phenoxy) is 3. The van der Waals surface area contributed by atoms with Gasteiger partial charge in [-0.1, -0.05) is 28.0 Å².